The molecule has 1 aliphatic heterocycles. The Hall–Kier alpha value is -0.610. The fourth-order valence-electron chi connectivity index (χ4n) is 3.11. The van der Waals surface area contributed by atoms with E-state index >= 15 is 0 Å². The second-order valence-corrected chi connectivity index (χ2v) is 4.83. The van der Waals surface area contributed by atoms with Crippen LogP contribution in [-0.2, 0) is 9.53 Å². The van der Waals surface area contributed by atoms with Crippen LogP contribution in [0.1, 0.15) is 39.0 Å². The summed E-state index contributed by atoms with van der Waals surface area (Å²) in [7, 11) is 0. The van der Waals surface area contributed by atoms with E-state index in [2.05, 4.69) is 4.90 Å². The van der Waals surface area contributed by atoms with Crippen molar-refractivity contribution in [3.05, 3.63) is 0 Å². The van der Waals surface area contributed by atoms with Gasteiger partial charge in [-0.1, -0.05) is 19.8 Å². The fraction of sp³-hybridized carbons (Fsp3) is 0.917. The van der Waals surface area contributed by atoms with E-state index < -0.39 is 0 Å². The van der Waals surface area contributed by atoms with Gasteiger partial charge in [-0.05, 0) is 19.3 Å². The minimum atomic E-state index is -0.186. The SMILES string of the molecule is CCC(C(N)=O)N1CCOC2CCCCC21. The summed E-state index contributed by atoms with van der Waals surface area (Å²) in [6, 6.07) is 0.314. The minimum Gasteiger partial charge on any atom is -0.375 e. The molecule has 4 heteroatoms. The van der Waals surface area contributed by atoms with Gasteiger partial charge in [0, 0.05) is 12.6 Å². The van der Waals surface area contributed by atoms with Crippen molar-refractivity contribution in [2.24, 2.45) is 5.73 Å². The number of carbonyl (C=O) groups is 1. The molecule has 16 heavy (non-hydrogen) atoms. The van der Waals surface area contributed by atoms with Gasteiger partial charge in [0.25, 0.3) is 0 Å². The third-order valence-corrected chi connectivity index (χ3v) is 3.89. The molecule has 2 N–H and O–H groups in total. The second kappa shape index (κ2) is 5.15. The fourth-order valence-corrected chi connectivity index (χ4v) is 3.11. The molecule has 1 saturated heterocycles. The van der Waals surface area contributed by atoms with Gasteiger partial charge in [0.05, 0.1) is 18.8 Å². The molecule has 1 aliphatic carbocycles. The van der Waals surface area contributed by atoms with Crippen molar-refractivity contribution >= 4 is 5.91 Å². The Bertz CT molecular complexity index is 255. The van der Waals surface area contributed by atoms with Gasteiger partial charge < -0.3 is 10.5 Å². The van der Waals surface area contributed by atoms with E-state index in [1.54, 1.807) is 0 Å². The van der Waals surface area contributed by atoms with Crippen molar-refractivity contribution < 1.29 is 9.53 Å². The van der Waals surface area contributed by atoms with Crippen molar-refractivity contribution in [2.75, 3.05) is 13.2 Å². The average Bonchev–Trinajstić information content (AvgIpc) is 2.30. The maximum absolute atomic E-state index is 11.4. The van der Waals surface area contributed by atoms with Crippen LogP contribution in [0.3, 0.4) is 0 Å². The first-order valence-corrected chi connectivity index (χ1v) is 6.40. The maximum atomic E-state index is 11.4. The minimum absolute atomic E-state index is 0.102. The predicted octanol–water partition coefficient (Wildman–Crippen LogP) is 0.894. The number of fused-ring (bicyclic) bond motifs is 1. The number of morpholine rings is 1. The zero-order valence-electron chi connectivity index (χ0n) is 10.0. The van der Waals surface area contributed by atoms with Crippen LogP contribution < -0.4 is 5.73 Å². The number of hydrogen-bond acceptors (Lipinski definition) is 3. The van der Waals surface area contributed by atoms with E-state index in [0.717, 1.165) is 32.4 Å². The van der Waals surface area contributed by atoms with Gasteiger partial charge in [-0.2, -0.15) is 0 Å². The number of nitrogens with zero attached hydrogens (tertiary/aromatic N) is 1. The third kappa shape index (κ3) is 2.23. The number of ether oxygens (including phenoxy) is 1. The number of rotatable bonds is 3. The average molecular weight is 226 g/mol. The zero-order chi connectivity index (χ0) is 11.5. The largest absolute Gasteiger partial charge is 0.375 e. The first-order valence-electron chi connectivity index (χ1n) is 6.40. The highest BCUT2D eigenvalue weighted by molar-refractivity contribution is 5.79. The Morgan fingerprint density at radius 1 is 1.50 bits per heavy atom. The summed E-state index contributed by atoms with van der Waals surface area (Å²) in [4.78, 5) is 13.7. The molecule has 2 fully saturated rings. The Balaban J connectivity index is 2.09. The number of carbonyl (C=O) groups excluding carboxylic acids is 1. The molecule has 0 bridgehead atoms. The molecular weight excluding hydrogens is 204 g/mol. The van der Waals surface area contributed by atoms with Crippen molar-refractivity contribution in [2.45, 2.75) is 57.2 Å². The highest BCUT2D eigenvalue weighted by atomic mass is 16.5. The highest BCUT2D eigenvalue weighted by Gasteiger charge is 2.38. The molecule has 2 rings (SSSR count). The number of nitrogens with two attached hydrogens (primary N) is 1. The smallest absolute Gasteiger partial charge is 0.234 e. The van der Waals surface area contributed by atoms with Gasteiger partial charge >= 0.3 is 0 Å². The van der Waals surface area contributed by atoms with Gasteiger partial charge in [0.2, 0.25) is 5.91 Å². The molecule has 3 unspecified atom stereocenters. The van der Waals surface area contributed by atoms with Crippen LogP contribution in [0.25, 0.3) is 0 Å². The van der Waals surface area contributed by atoms with Crippen molar-refractivity contribution in [1.82, 2.24) is 4.90 Å². The van der Waals surface area contributed by atoms with Gasteiger partial charge in [-0.3, -0.25) is 9.69 Å². The summed E-state index contributed by atoms with van der Waals surface area (Å²) in [6.07, 6.45) is 5.91. The summed E-state index contributed by atoms with van der Waals surface area (Å²) in [5.74, 6) is -0.186. The summed E-state index contributed by atoms with van der Waals surface area (Å²) in [5.41, 5.74) is 5.48. The Morgan fingerprint density at radius 3 is 2.94 bits per heavy atom. The summed E-state index contributed by atoms with van der Waals surface area (Å²) in [5, 5.41) is 0. The van der Waals surface area contributed by atoms with E-state index in [1.165, 1.54) is 12.8 Å². The van der Waals surface area contributed by atoms with Crippen molar-refractivity contribution in [1.29, 1.82) is 0 Å². The van der Waals surface area contributed by atoms with Gasteiger partial charge in [0.1, 0.15) is 0 Å². The van der Waals surface area contributed by atoms with E-state index in [4.69, 9.17) is 10.5 Å². The molecule has 1 heterocycles. The first-order chi connectivity index (χ1) is 7.74. The van der Waals surface area contributed by atoms with E-state index in [1.807, 2.05) is 6.92 Å². The lowest BCUT2D eigenvalue weighted by atomic mass is 9.89. The van der Waals surface area contributed by atoms with Crippen LogP contribution in [0.2, 0.25) is 0 Å². The zero-order valence-corrected chi connectivity index (χ0v) is 10.0. The van der Waals surface area contributed by atoms with Crippen molar-refractivity contribution in [3.63, 3.8) is 0 Å². The molecule has 1 amide bonds. The Labute approximate surface area is 97.1 Å². The topological polar surface area (TPSA) is 55.6 Å². The van der Waals surface area contributed by atoms with E-state index in [9.17, 15) is 4.79 Å². The molecule has 92 valence electrons. The Kier molecular flexibility index (Phi) is 3.82. The lowest BCUT2D eigenvalue weighted by Gasteiger charge is -2.46. The van der Waals surface area contributed by atoms with Gasteiger partial charge in [-0.25, -0.2) is 0 Å². The first kappa shape index (κ1) is 11.9. The van der Waals surface area contributed by atoms with Crippen LogP contribution in [0.4, 0.5) is 0 Å². The molecule has 0 spiro atoms. The standard InChI is InChI=1S/C12H22N2O2/c1-2-9(12(13)15)14-7-8-16-11-6-4-3-5-10(11)14/h9-11H,2-8H2,1H3,(H2,13,15). The number of hydrogen-bond donors (Lipinski definition) is 1. The normalized spacial score (nSPS) is 33.1. The number of primary amides is 1. The lowest BCUT2D eigenvalue weighted by molar-refractivity contribution is -0.135. The Morgan fingerprint density at radius 2 is 2.25 bits per heavy atom. The molecule has 4 nitrogen and oxygen atoms in total. The number of amides is 1. The molecule has 1 saturated carbocycles. The van der Waals surface area contributed by atoms with Crippen LogP contribution >= 0.6 is 0 Å². The third-order valence-electron chi connectivity index (χ3n) is 3.89. The van der Waals surface area contributed by atoms with Crippen LogP contribution in [0, 0.1) is 0 Å². The maximum Gasteiger partial charge on any atom is 0.234 e. The molecule has 3 atom stereocenters. The van der Waals surface area contributed by atoms with Crippen molar-refractivity contribution in [3.8, 4) is 0 Å². The molecule has 0 aromatic rings. The summed E-state index contributed by atoms with van der Waals surface area (Å²) >= 11 is 0. The monoisotopic (exact) mass is 226 g/mol. The van der Waals surface area contributed by atoms with Gasteiger partial charge in [-0.15, -0.1) is 0 Å². The molecule has 2 aliphatic rings. The highest BCUT2D eigenvalue weighted by Crippen LogP contribution is 2.30. The lowest BCUT2D eigenvalue weighted by Crippen LogP contribution is -2.59. The van der Waals surface area contributed by atoms with E-state index in [-0.39, 0.29) is 11.9 Å². The molecule has 0 aromatic heterocycles. The molecule has 0 radical (unpaired) electrons. The molecule has 0 aromatic carbocycles. The second-order valence-electron chi connectivity index (χ2n) is 4.83. The summed E-state index contributed by atoms with van der Waals surface area (Å²) in [6.45, 7) is 3.62. The quantitative estimate of drug-likeness (QED) is 0.777. The predicted molar refractivity (Wildman–Crippen MR) is 62.0 cm³/mol. The van der Waals surface area contributed by atoms with E-state index in [0.29, 0.717) is 12.1 Å². The van der Waals surface area contributed by atoms with Crippen LogP contribution in [0.5, 0.6) is 0 Å². The van der Waals surface area contributed by atoms with Crippen LogP contribution in [-0.4, -0.2) is 42.1 Å². The summed E-state index contributed by atoms with van der Waals surface area (Å²) < 4.78 is 5.79. The van der Waals surface area contributed by atoms with Crippen LogP contribution in [0.15, 0.2) is 0 Å². The van der Waals surface area contributed by atoms with Gasteiger partial charge in [0.15, 0.2) is 0 Å². The molecular formula is C12H22N2O2.